The lowest BCUT2D eigenvalue weighted by atomic mass is 9.72. The highest BCUT2D eigenvalue weighted by Crippen LogP contribution is 2.59. The Labute approximate surface area is 142 Å². The van der Waals surface area contributed by atoms with Crippen LogP contribution in [0.3, 0.4) is 0 Å². The number of esters is 1. The molecule has 24 heavy (non-hydrogen) atoms. The molecule has 1 spiro atoms. The molecule has 0 bridgehead atoms. The molecular formula is C19H24O5. The van der Waals surface area contributed by atoms with Crippen LogP contribution in [-0.2, 0) is 18.9 Å². The predicted octanol–water partition coefficient (Wildman–Crippen LogP) is 3.08. The van der Waals surface area contributed by atoms with E-state index in [0.29, 0.717) is 18.6 Å². The molecule has 1 aromatic carbocycles. The molecule has 4 atom stereocenters. The van der Waals surface area contributed by atoms with Gasteiger partial charge < -0.3 is 18.9 Å². The maximum Gasteiger partial charge on any atom is 0.338 e. The normalized spacial score (nSPS) is 40.0. The molecule has 3 aliphatic rings. The van der Waals surface area contributed by atoms with Gasteiger partial charge in [0.1, 0.15) is 17.3 Å². The van der Waals surface area contributed by atoms with Gasteiger partial charge in [0.25, 0.3) is 0 Å². The van der Waals surface area contributed by atoms with Crippen LogP contribution in [0.1, 0.15) is 50.4 Å². The zero-order valence-corrected chi connectivity index (χ0v) is 14.4. The van der Waals surface area contributed by atoms with Crippen molar-refractivity contribution in [1.82, 2.24) is 0 Å². The van der Waals surface area contributed by atoms with E-state index in [1.54, 1.807) is 12.1 Å². The second kappa shape index (κ2) is 5.28. The number of carbonyl (C=O) groups excluding carboxylic acids is 1. The molecule has 0 N–H and O–H groups in total. The van der Waals surface area contributed by atoms with Crippen molar-refractivity contribution in [1.29, 1.82) is 0 Å². The smallest absolute Gasteiger partial charge is 0.338 e. The number of benzene rings is 1. The van der Waals surface area contributed by atoms with Crippen LogP contribution in [0.2, 0.25) is 0 Å². The van der Waals surface area contributed by atoms with Crippen molar-refractivity contribution in [2.24, 2.45) is 0 Å². The number of rotatable bonds is 2. The van der Waals surface area contributed by atoms with Gasteiger partial charge >= 0.3 is 5.97 Å². The summed E-state index contributed by atoms with van der Waals surface area (Å²) >= 11 is 0. The first kappa shape index (κ1) is 16.1. The van der Waals surface area contributed by atoms with Gasteiger partial charge in [-0.3, -0.25) is 0 Å². The van der Waals surface area contributed by atoms with Crippen LogP contribution in [-0.4, -0.2) is 41.8 Å². The average Bonchev–Trinajstić information content (AvgIpc) is 3.19. The number of fused-ring (bicyclic) bond motifs is 2. The minimum atomic E-state index is -0.650. The third-order valence-corrected chi connectivity index (χ3v) is 5.56. The standard InChI is InChI=1S/C19H24O5/c1-17(2)21-10-9-19(24-17)12-14(11-15-18(19,3)23-15)22-16(20)13-7-5-4-6-8-13/h4-8,14-15H,9-12H2,1-3H3/t14-,15-,18-,19+/m0/s1. The van der Waals surface area contributed by atoms with Crippen molar-refractivity contribution in [3.8, 4) is 0 Å². The largest absolute Gasteiger partial charge is 0.459 e. The van der Waals surface area contributed by atoms with E-state index in [4.69, 9.17) is 18.9 Å². The Kier molecular flexibility index (Phi) is 3.53. The molecule has 0 unspecified atom stereocenters. The number of carbonyl (C=O) groups is 1. The molecule has 1 saturated carbocycles. The summed E-state index contributed by atoms with van der Waals surface area (Å²) in [7, 11) is 0. The molecule has 3 fully saturated rings. The van der Waals surface area contributed by atoms with Gasteiger partial charge in [0.15, 0.2) is 5.79 Å². The molecule has 5 nitrogen and oxygen atoms in total. The summed E-state index contributed by atoms with van der Waals surface area (Å²) in [5.74, 6) is -0.936. The number of hydrogen-bond donors (Lipinski definition) is 0. The summed E-state index contributed by atoms with van der Waals surface area (Å²) in [4.78, 5) is 12.4. The lowest BCUT2D eigenvalue weighted by Gasteiger charge is -2.50. The fourth-order valence-electron chi connectivity index (χ4n) is 4.22. The van der Waals surface area contributed by atoms with Crippen LogP contribution in [0, 0.1) is 0 Å². The summed E-state index contributed by atoms with van der Waals surface area (Å²) < 4.78 is 23.8. The lowest BCUT2D eigenvalue weighted by molar-refractivity contribution is -0.330. The van der Waals surface area contributed by atoms with Gasteiger partial charge in [-0.25, -0.2) is 4.79 Å². The van der Waals surface area contributed by atoms with Crippen LogP contribution in [0.4, 0.5) is 0 Å². The van der Waals surface area contributed by atoms with E-state index in [1.165, 1.54) is 0 Å². The van der Waals surface area contributed by atoms with Crippen molar-refractivity contribution in [3.05, 3.63) is 35.9 Å². The van der Waals surface area contributed by atoms with Gasteiger partial charge in [0.2, 0.25) is 0 Å². The third kappa shape index (κ3) is 2.55. The molecular weight excluding hydrogens is 308 g/mol. The second-order valence-electron chi connectivity index (χ2n) is 7.64. The van der Waals surface area contributed by atoms with Gasteiger partial charge in [-0.15, -0.1) is 0 Å². The average molecular weight is 332 g/mol. The number of hydrogen-bond acceptors (Lipinski definition) is 5. The number of ether oxygens (including phenoxy) is 4. The van der Waals surface area contributed by atoms with E-state index < -0.39 is 11.4 Å². The molecule has 2 heterocycles. The van der Waals surface area contributed by atoms with Gasteiger partial charge in [-0.2, -0.15) is 0 Å². The van der Waals surface area contributed by atoms with Crippen LogP contribution >= 0.6 is 0 Å². The quantitative estimate of drug-likeness (QED) is 0.615. The van der Waals surface area contributed by atoms with Gasteiger partial charge in [0, 0.05) is 19.3 Å². The van der Waals surface area contributed by atoms with Crippen LogP contribution in [0.5, 0.6) is 0 Å². The first-order valence-electron chi connectivity index (χ1n) is 8.62. The minimum absolute atomic E-state index is 0.0775. The molecule has 0 radical (unpaired) electrons. The van der Waals surface area contributed by atoms with E-state index in [1.807, 2.05) is 32.0 Å². The van der Waals surface area contributed by atoms with E-state index >= 15 is 0 Å². The zero-order chi connectivity index (χ0) is 17.0. The van der Waals surface area contributed by atoms with Gasteiger partial charge in [0.05, 0.1) is 18.3 Å². The van der Waals surface area contributed by atoms with Gasteiger partial charge in [-0.05, 0) is 32.9 Å². The second-order valence-corrected chi connectivity index (χ2v) is 7.64. The fourth-order valence-corrected chi connectivity index (χ4v) is 4.22. The van der Waals surface area contributed by atoms with Crippen molar-refractivity contribution >= 4 is 5.97 Å². The number of epoxide rings is 1. The highest BCUT2D eigenvalue weighted by atomic mass is 16.7. The topological polar surface area (TPSA) is 57.3 Å². The van der Waals surface area contributed by atoms with E-state index in [-0.39, 0.29) is 23.8 Å². The first-order chi connectivity index (χ1) is 11.3. The molecule has 4 rings (SSSR count). The molecule has 2 saturated heterocycles. The Morgan fingerprint density at radius 3 is 2.67 bits per heavy atom. The Morgan fingerprint density at radius 1 is 1.21 bits per heavy atom. The maximum atomic E-state index is 12.4. The summed E-state index contributed by atoms with van der Waals surface area (Å²) in [6.07, 6.45) is 2.00. The van der Waals surface area contributed by atoms with E-state index in [0.717, 1.165) is 12.8 Å². The van der Waals surface area contributed by atoms with Crippen LogP contribution in [0.25, 0.3) is 0 Å². The summed E-state index contributed by atoms with van der Waals surface area (Å²) in [6, 6.07) is 9.10. The highest BCUT2D eigenvalue weighted by Gasteiger charge is 2.72. The maximum absolute atomic E-state index is 12.4. The van der Waals surface area contributed by atoms with E-state index in [9.17, 15) is 4.79 Å². The highest BCUT2D eigenvalue weighted by molar-refractivity contribution is 5.89. The molecule has 0 amide bonds. The molecule has 1 aromatic rings. The Hall–Kier alpha value is -1.43. The van der Waals surface area contributed by atoms with Crippen LogP contribution in [0.15, 0.2) is 30.3 Å². The van der Waals surface area contributed by atoms with Gasteiger partial charge in [-0.1, -0.05) is 18.2 Å². The summed E-state index contributed by atoms with van der Waals surface area (Å²) in [5, 5.41) is 0. The molecule has 130 valence electrons. The monoisotopic (exact) mass is 332 g/mol. The summed E-state index contributed by atoms with van der Waals surface area (Å²) in [5.41, 5.74) is -0.187. The Bertz CT molecular complexity index is 642. The SMILES string of the molecule is CC1(C)OCC[C@]2(C[C@@H](OC(=O)c3ccccc3)C[C@@H]3O[C@@]32C)O1. The molecule has 0 aromatic heterocycles. The van der Waals surface area contributed by atoms with Crippen molar-refractivity contribution in [3.63, 3.8) is 0 Å². The molecule has 1 aliphatic carbocycles. The fraction of sp³-hybridized carbons (Fsp3) is 0.632. The van der Waals surface area contributed by atoms with Crippen molar-refractivity contribution in [2.75, 3.05) is 6.61 Å². The Morgan fingerprint density at radius 2 is 1.96 bits per heavy atom. The Balaban J connectivity index is 1.52. The van der Waals surface area contributed by atoms with Crippen LogP contribution < -0.4 is 0 Å². The van der Waals surface area contributed by atoms with Crippen molar-refractivity contribution < 1.29 is 23.7 Å². The molecule has 2 aliphatic heterocycles. The minimum Gasteiger partial charge on any atom is -0.459 e. The molecule has 5 heteroatoms. The van der Waals surface area contributed by atoms with E-state index in [2.05, 4.69) is 6.92 Å². The van der Waals surface area contributed by atoms with Crippen molar-refractivity contribution in [2.45, 2.75) is 69.2 Å². The lowest BCUT2D eigenvalue weighted by Crippen LogP contribution is -2.60. The third-order valence-electron chi connectivity index (χ3n) is 5.56. The zero-order valence-electron chi connectivity index (χ0n) is 14.4. The first-order valence-corrected chi connectivity index (χ1v) is 8.62. The predicted molar refractivity (Wildman–Crippen MR) is 86.6 cm³/mol. The summed E-state index contributed by atoms with van der Waals surface area (Å²) in [6.45, 7) is 6.58.